The molecular weight excluding hydrogens is 355 g/mol. The molecule has 0 radical (unpaired) electrons. The van der Waals surface area contributed by atoms with Crippen LogP contribution >= 0.6 is 0 Å². The maximum absolute atomic E-state index is 6.32. The van der Waals surface area contributed by atoms with Gasteiger partial charge in [0.2, 0.25) is 0 Å². The summed E-state index contributed by atoms with van der Waals surface area (Å²) in [6.45, 7) is 3.88. The van der Waals surface area contributed by atoms with Crippen molar-refractivity contribution in [2.45, 2.75) is 0 Å². The first-order chi connectivity index (χ1) is 14.3. The lowest BCUT2D eigenvalue weighted by Crippen LogP contribution is -2.58. The molecule has 0 saturated carbocycles. The highest BCUT2D eigenvalue weighted by molar-refractivity contribution is 6.99. The molecule has 0 spiro atoms. The molecule has 2 aliphatic rings. The number of aliphatic imine (C=N–C) groups is 1. The van der Waals surface area contributed by atoms with E-state index in [0.717, 1.165) is 17.2 Å². The third kappa shape index (κ3) is 1.77. The molecule has 7 rings (SSSR count). The summed E-state index contributed by atoms with van der Waals surface area (Å²) in [5.74, 6) is 1.89. The van der Waals surface area contributed by atoms with Crippen molar-refractivity contribution in [3.8, 4) is 17.2 Å². The summed E-state index contributed by atoms with van der Waals surface area (Å²) >= 11 is 0. The molecule has 4 heteroatoms. The largest absolute Gasteiger partial charge is 0.458 e. The molecular formula is C25H15BN2O. The molecule has 0 fully saturated rings. The Hall–Kier alpha value is -3.79. The van der Waals surface area contributed by atoms with Crippen LogP contribution in [-0.4, -0.2) is 18.0 Å². The fourth-order valence-corrected chi connectivity index (χ4v) is 5.18. The normalized spacial score (nSPS) is 13.2. The van der Waals surface area contributed by atoms with Crippen molar-refractivity contribution in [3.05, 3.63) is 78.9 Å². The fraction of sp³-hybridized carbons (Fsp3) is 0. The van der Waals surface area contributed by atoms with Crippen LogP contribution in [0.3, 0.4) is 0 Å². The summed E-state index contributed by atoms with van der Waals surface area (Å²) in [7, 11) is 0. The first kappa shape index (κ1) is 15.2. The molecule has 4 aromatic carbocycles. The van der Waals surface area contributed by atoms with Crippen LogP contribution in [0.15, 0.2) is 83.9 Å². The summed E-state index contributed by atoms with van der Waals surface area (Å²) in [6.07, 6.45) is 0. The highest BCUT2D eigenvalue weighted by Crippen LogP contribution is 2.37. The van der Waals surface area contributed by atoms with Gasteiger partial charge < -0.3 is 9.30 Å². The first-order valence-electron chi connectivity index (χ1n) is 9.79. The van der Waals surface area contributed by atoms with E-state index in [1.165, 1.54) is 43.9 Å². The quantitative estimate of drug-likeness (QED) is 0.316. The minimum atomic E-state index is 0.170. The van der Waals surface area contributed by atoms with Gasteiger partial charge in [0.05, 0.1) is 11.2 Å². The monoisotopic (exact) mass is 370 g/mol. The van der Waals surface area contributed by atoms with Gasteiger partial charge in [0.15, 0.2) is 0 Å². The van der Waals surface area contributed by atoms with E-state index in [1.54, 1.807) is 0 Å². The van der Waals surface area contributed by atoms with Crippen LogP contribution in [0.2, 0.25) is 0 Å². The highest BCUT2D eigenvalue weighted by Gasteiger charge is 2.39. The summed E-state index contributed by atoms with van der Waals surface area (Å²) < 4.78 is 8.71. The van der Waals surface area contributed by atoms with Gasteiger partial charge in [-0.2, -0.15) is 0 Å². The molecule has 0 unspecified atom stereocenters. The van der Waals surface area contributed by atoms with Gasteiger partial charge in [-0.15, -0.1) is 0 Å². The zero-order chi connectivity index (χ0) is 19.1. The smallest absolute Gasteiger partial charge is 0.256 e. The molecule has 0 aliphatic carbocycles. The topological polar surface area (TPSA) is 26.5 Å². The van der Waals surface area contributed by atoms with Gasteiger partial charge in [0.25, 0.3) is 6.71 Å². The van der Waals surface area contributed by atoms with E-state index in [-0.39, 0.29) is 6.71 Å². The second kappa shape index (κ2) is 5.18. The second-order valence-corrected chi connectivity index (χ2v) is 7.70. The van der Waals surface area contributed by atoms with Gasteiger partial charge in [0.1, 0.15) is 11.5 Å². The fourth-order valence-electron chi connectivity index (χ4n) is 5.18. The molecule has 0 bridgehead atoms. The third-order valence-electron chi connectivity index (χ3n) is 6.32. The molecule has 29 heavy (non-hydrogen) atoms. The zero-order valence-corrected chi connectivity index (χ0v) is 15.6. The van der Waals surface area contributed by atoms with Gasteiger partial charge in [-0.05, 0) is 59.5 Å². The van der Waals surface area contributed by atoms with Crippen LogP contribution in [0.5, 0.6) is 11.5 Å². The molecule has 0 atom stereocenters. The predicted molar refractivity (Wildman–Crippen MR) is 121 cm³/mol. The molecule has 0 amide bonds. The van der Waals surface area contributed by atoms with Crippen molar-refractivity contribution in [2.75, 3.05) is 0 Å². The van der Waals surface area contributed by atoms with E-state index < -0.39 is 0 Å². The second-order valence-electron chi connectivity index (χ2n) is 7.70. The number of ether oxygens (including phenoxy) is 1. The van der Waals surface area contributed by atoms with Gasteiger partial charge in [0, 0.05) is 22.0 Å². The first-order valence-corrected chi connectivity index (χ1v) is 9.79. The number of para-hydroxylation sites is 2. The Morgan fingerprint density at radius 1 is 0.793 bits per heavy atom. The Morgan fingerprint density at radius 2 is 1.62 bits per heavy atom. The number of rotatable bonds is 1. The summed E-state index contributed by atoms with van der Waals surface area (Å²) in [4.78, 5) is 4.15. The predicted octanol–water partition coefficient (Wildman–Crippen LogP) is 4.05. The average Bonchev–Trinajstić information content (AvgIpc) is 3.11. The highest BCUT2D eigenvalue weighted by atomic mass is 16.5. The standard InChI is InChI=1S/C25H15BN2O/c1-27-15-12-13-20-17(14-15)16-6-4-8-19-25(16)28(20)21-9-5-11-23-24(21)26(19)18-7-2-3-10-22(18)29-23/h2-14H,1H2. The summed E-state index contributed by atoms with van der Waals surface area (Å²) in [6, 6.07) is 27.7. The Bertz CT molecular complexity index is 1510. The van der Waals surface area contributed by atoms with Gasteiger partial charge in [-0.3, -0.25) is 4.99 Å². The van der Waals surface area contributed by atoms with Crippen molar-refractivity contribution in [3.63, 3.8) is 0 Å². The minimum Gasteiger partial charge on any atom is -0.458 e. The lowest BCUT2D eigenvalue weighted by atomic mass is 9.34. The molecule has 5 aromatic rings. The maximum Gasteiger partial charge on any atom is 0.256 e. The number of hydrogen-bond acceptors (Lipinski definition) is 2. The van der Waals surface area contributed by atoms with Crippen molar-refractivity contribution in [1.29, 1.82) is 0 Å². The number of benzene rings is 4. The molecule has 3 heterocycles. The summed E-state index contributed by atoms with van der Waals surface area (Å²) in [5, 5.41) is 2.46. The average molecular weight is 370 g/mol. The zero-order valence-electron chi connectivity index (χ0n) is 15.6. The van der Waals surface area contributed by atoms with Crippen LogP contribution < -0.4 is 21.1 Å². The number of fused-ring (bicyclic) bond motifs is 7. The minimum absolute atomic E-state index is 0.170. The Labute approximate surface area is 168 Å². The van der Waals surface area contributed by atoms with Crippen molar-refractivity contribution in [1.82, 2.24) is 4.57 Å². The molecule has 1 aromatic heterocycles. The van der Waals surface area contributed by atoms with E-state index in [2.05, 4.69) is 83.0 Å². The van der Waals surface area contributed by atoms with Crippen LogP contribution in [0.1, 0.15) is 0 Å². The Kier molecular flexibility index (Phi) is 2.71. The number of aromatic nitrogens is 1. The van der Waals surface area contributed by atoms with E-state index >= 15 is 0 Å². The Balaban J connectivity index is 1.72. The number of nitrogens with zero attached hydrogens (tertiary/aromatic N) is 2. The van der Waals surface area contributed by atoms with Gasteiger partial charge >= 0.3 is 0 Å². The third-order valence-corrected chi connectivity index (χ3v) is 6.32. The van der Waals surface area contributed by atoms with Crippen LogP contribution in [0.4, 0.5) is 5.69 Å². The van der Waals surface area contributed by atoms with Crippen molar-refractivity contribution in [2.24, 2.45) is 4.99 Å². The van der Waals surface area contributed by atoms with E-state index in [1.807, 2.05) is 12.1 Å². The van der Waals surface area contributed by atoms with Crippen molar-refractivity contribution < 1.29 is 4.74 Å². The van der Waals surface area contributed by atoms with Crippen LogP contribution in [-0.2, 0) is 0 Å². The number of hydrogen-bond donors (Lipinski definition) is 0. The Morgan fingerprint density at radius 3 is 2.55 bits per heavy atom. The molecule has 134 valence electrons. The van der Waals surface area contributed by atoms with Crippen molar-refractivity contribution >= 4 is 57.3 Å². The van der Waals surface area contributed by atoms with Gasteiger partial charge in [-0.1, -0.05) is 42.5 Å². The van der Waals surface area contributed by atoms with Gasteiger partial charge in [-0.25, -0.2) is 0 Å². The summed E-state index contributed by atoms with van der Waals surface area (Å²) in [5.41, 5.74) is 8.34. The SMILES string of the molecule is C=Nc1ccc2c(c1)c1cccc3c1n2-c1cccc2c1B3c1ccccc1O2. The van der Waals surface area contributed by atoms with Crippen LogP contribution in [0, 0.1) is 0 Å². The van der Waals surface area contributed by atoms with E-state index in [9.17, 15) is 0 Å². The van der Waals surface area contributed by atoms with E-state index in [0.29, 0.717) is 0 Å². The lowest BCUT2D eigenvalue weighted by molar-refractivity contribution is 0.487. The maximum atomic E-state index is 6.32. The molecule has 0 N–H and O–H groups in total. The molecule has 0 saturated heterocycles. The lowest BCUT2D eigenvalue weighted by Gasteiger charge is -2.33. The van der Waals surface area contributed by atoms with E-state index in [4.69, 9.17) is 4.74 Å². The molecule has 3 nitrogen and oxygen atoms in total. The molecule has 2 aliphatic heterocycles. The van der Waals surface area contributed by atoms with Crippen LogP contribution in [0.25, 0.3) is 27.5 Å².